The molecule has 1 heteroatoms. The van der Waals surface area contributed by atoms with E-state index in [1.807, 2.05) is 0 Å². The Balaban J connectivity index is 3.87. The van der Waals surface area contributed by atoms with E-state index in [1.165, 1.54) is 32.1 Å². The van der Waals surface area contributed by atoms with Gasteiger partial charge in [-0.1, -0.05) is 47.0 Å². The van der Waals surface area contributed by atoms with Crippen molar-refractivity contribution in [3.05, 3.63) is 0 Å². The van der Waals surface area contributed by atoms with Crippen LogP contribution in [-0.4, -0.2) is 13.1 Å². The van der Waals surface area contributed by atoms with Crippen LogP contribution in [0.4, 0.5) is 0 Å². The predicted octanol–water partition coefficient (Wildman–Crippen LogP) is 3.84. The summed E-state index contributed by atoms with van der Waals surface area (Å²) in [4.78, 5) is 0. The Morgan fingerprint density at radius 3 is 2.00 bits per heavy atom. The third kappa shape index (κ3) is 5.64. The van der Waals surface area contributed by atoms with Crippen molar-refractivity contribution in [3.8, 4) is 0 Å². The first-order chi connectivity index (χ1) is 6.65. The van der Waals surface area contributed by atoms with E-state index in [-0.39, 0.29) is 0 Å². The van der Waals surface area contributed by atoms with Gasteiger partial charge in [0.05, 0.1) is 0 Å². The SMILES string of the molecule is CCCC(C)CC(NC)C(C)CCC. The summed E-state index contributed by atoms with van der Waals surface area (Å²) < 4.78 is 0. The van der Waals surface area contributed by atoms with Crippen molar-refractivity contribution in [1.82, 2.24) is 5.32 Å². The second-order valence-corrected chi connectivity index (χ2v) is 4.79. The predicted molar refractivity (Wildman–Crippen MR) is 65.6 cm³/mol. The maximum Gasteiger partial charge on any atom is 0.00922 e. The standard InChI is InChI=1S/C13H29N/c1-6-8-11(3)10-13(14-5)12(4)9-7-2/h11-14H,6-10H2,1-5H3. The first kappa shape index (κ1) is 14.0. The van der Waals surface area contributed by atoms with Crippen LogP contribution in [0.5, 0.6) is 0 Å². The zero-order valence-electron chi connectivity index (χ0n) is 10.8. The van der Waals surface area contributed by atoms with E-state index < -0.39 is 0 Å². The van der Waals surface area contributed by atoms with E-state index in [4.69, 9.17) is 0 Å². The molecule has 0 radical (unpaired) electrons. The number of hydrogen-bond donors (Lipinski definition) is 1. The summed E-state index contributed by atoms with van der Waals surface area (Å²) in [6.45, 7) is 9.31. The molecule has 0 rings (SSSR count). The number of rotatable bonds is 8. The molecule has 0 aliphatic heterocycles. The minimum atomic E-state index is 0.719. The highest BCUT2D eigenvalue weighted by atomic mass is 14.9. The van der Waals surface area contributed by atoms with Crippen LogP contribution < -0.4 is 5.32 Å². The Labute approximate surface area is 90.7 Å². The molecular weight excluding hydrogens is 170 g/mol. The highest BCUT2D eigenvalue weighted by Crippen LogP contribution is 2.20. The van der Waals surface area contributed by atoms with Crippen LogP contribution in [0.2, 0.25) is 0 Å². The van der Waals surface area contributed by atoms with Crippen LogP contribution in [-0.2, 0) is 0 Å². The highest BCUT2D eigenvalue weighted by Gasteiger charge is 2.16. The van der Waals surface area contributed by atoms with Crippen LogP contribution in [0.25, 0.3) is 0 Å². The highest BCUT2D eigenvalue weighted by molar-refractivity contribution is 4.73. The molecule has 86 valence electrons. The van der Waals surface area contributed by atoms with Crippen molar-refractivity contribution in [2.24, 2.45) is 11.8 Å². The van der Waals surface area contributed by atoms with E-state index in [0.29, 0.717) is 0 Å². The summed E-state index contributed by atoms with van der Waals surface area (Å²) in [5, 5.41) is 3.48. The second-order valence-electron chi connectivity index (χ2n) is 4.79. The van der Waals surface area contributed by atoms with Crippen LogP contribution >= 0.6 is 0 Å². The molecule has 0 spiro atoms. The molecule has 3 atom stereocenters. The van der Waals surface area contributed by atoms with Gasteiger partial charge in [-0.2, -0.15) is 0 Å². The molecule has 0 bridgehead atoms. The molecule has 14 heavy (non-hydrogen) atoms. The van der Waals surface area contributed by atoms with E-state index in [0.717, 1.165) is 17.9 Å². The summed E-state index contributed by atoms with van der Waals surface area (Å²) >= 11 is 0. The Bertz CT molecular complexity index is 122. The number of hydrogen-bond acceptors (Lipinski definition) is 1. The fraction of sp³-hybridized carbons (Fsp3) is 1.00. The smallest absolute Gasteiger partial charge is 0.00922 e. The lowest BCUT2D eigenvalue weighted by molar-refractivity contribution is 0.305. The van der Waals surface area contributed by atoms with Crippen LogP contribution in [0.3, 0.4) is 0 Å². The van der Waals surface area contributed by atoms with Crippen LogP contribution in [0.15, 0.2) is 0 Å². The third-order valence-electron chi connectivity index (χ3n) is 3.24. The van der Waals surface area contributed by atoms with Crippen molar-refractivity contribution < 1.29 is 0 Å². The second kappa shape index (κ2) is 8.28. The van der Waals surface area contributed by atoms with Gasteiger partial charge in [-0.05, 0) is 31.7 Å². The lowest BCUT2D eigenvalue weighted by atomic mass is 9.88. The van der Waals surface area contributed by atoms with E-state index in [9.17, 15) is 0 Å². The molecule has 0 aliphatic rings. The molecular formula is C13H29N. The molecule has 0 aromatic carbocycles. The van der Waals surface area contributed by atoms with Crippen molar-refractivity contribution in [3.63, 3.8) is 0 Å². The van der Waals surface area contributed by atoms with Gasteiger partial charge in [-0.15, -0.1) is 0 Å². The summed E-state index contributed by atoms with van der Waals surface area (Å²) in [5.74, 6) is 1.70. The topological polar surface area (TPSA) is 12.0 Å². The van der Waals surface area contributed by atoms with Gasteiger partial charge in [-0.25, -0.2) is 0 Å². The number of nitrogens with one attached hydrogen (secondary N) is 1. The van der Waals surface area contributed by atoms with Crippen molar-refractivity contribution in [1.29, 1.82) is 0 Å². The zero-order valence-corrected chi connectivity index (χ0v) is 10.8. The Kier molecular flexibility index (Phi) is 8.26. The zero-order chi connectivity index (χ0) is 11.0. The Hall–Kier alpha value is -0.0400. The largest absolute Gasteiger partial charge is 0.317 e. The average Bonchev–Trinajstić information content (AvgIpc) is 2.15. The van der Waals surface area contributed by atoms with Gasteiger partial charge in [0.25, 0.3) is 0 Å². The van der Waals surface area contributed by atoms with Crippen molar-refractivity contribution in [2.75, 3.05) is 7.05 Å². The summed E-state index contributed by atoms with van der Waals surface area (Å²) in [7, 11) is 2.11. The Morgan fingerprint density at radius 1 is 1.00 bits per heavy atom. The molecule has 0 amide bonds. The monoisotopic (exact) mass is 199 g/mol. The molecule has 1 nitrogen and oxygen atoms in total. The lowest BCUT2D eigenvalue weighted by Gasteiger charge is -2.26. The molecule has 0 heterocycles. The third-order valence-corrected chi connectivity index (χ3v) is 3.24. The fourth-order valence-electron chi connectivity index (χ4n) is 2.34. The lowest BCUT2D eigenvalue weighted by Crippen LogP contribution is -2.33. The average molecular weight is 199 g/mol. The van der Waals surface area contributed by atoms with E-state index in [2.05, 4.69) is 40.1 Å². The summed E-state index contributed by atoms with van der Waals surface area (Å²) in [6, 6.07) is 0.719. The normalized spacial score (nSPS) is 17.8. The quantitative estimate of drug-likeness (QED) is 0.626. The Morgan fingerprint density at radius 2 is 1.57 bits per heavy atom. The van der Waals surface area contributed by atoms with Crippen molar-refractivity contribution >= 4 is 0 Å². The van der Waals surface area contributed by atoms with Gasteiger partial charge < -0.3 is 5.32 Å². The maximum atomic E-state index is 3.48. The summed E-state index contributed by atoms with van der Waals surface area (Å²) in [5.41, 5.74) is 0. The molecule has 1 N–H and O–H groups in total. The molecule has 0 aromatic heterocycles. The molecule has 0 saturated heterocycles. The first-order valence-electron chi connectivity index (χ1n) is 6.32. The minimum Gasteiger partial charge on any atom is -0.317 e. The molecule has 0 fully saturated rings. The minimum absolute atomic E-state index is 0.719. The summed E-state index contributed by atoms with van der Waals surface area (Å²) in [6.07, 6.45) is 6.69. The fourth-order valence-corrected chi connectivity index (χ4v) is 2.34. The molecule has 3 unspecified atom stereocenters. The van der Waals surface area contributed by atoms with Crippen molar-refractivity contribution in [2.45, 2.75) is 65.8 Å². The van der Waals surface area contributed by atoms with Gasteiger partial charge in [0.1, 0.15) is 0 Å². The first-order valence-corrected chi connectivity index (χ1v) is 6.32. The van der Waals surface area contributed by atoms with Gasteiger partial charge in [-0.3, -0.25) is 0 Å². The van der Waals surface area contributed by atoms with Gasteiger partial charge in [0.15, 0.2) is 0 Å². The van der Waals surface area contributed by atoms with Gasteiger partial charge in [0.2, 0.25) is 0 Å². The van der Waals surface area contributed by atoms with E-state index >= 15 is 0 Å². The maximum absolute atomic E-state index is 3.48. The molecule has 0 aromatic rings. The van der Waals surface area contributed by atoms with Crippen LogP contribution in [0.1, 0.15) is 59.8 Å². The van der Waals surface area contributed by atoms with E-state index in [1.54, 1.807) is 0 Å². The molecule has 0 saturated carbocycles. The van der Waals surface area contributed by atoms with Crippen LogP contribution in [0, 0.1) is 11.8 Å². The van der Waals surface area contributed by atoms with Gasteiger partial charge >= 0.3 is 0 Å². The molecule has 0 aliphatic carbocycles. The van der Waals surface area contributed by atoms with Gasteiger partial charge in [0, 0.05) is 6.04 Å².